The quantitative estimate of drug-likeness (QED) is 0.309. The summed E-state index contributed by atoms with van der Waals surface area (Å²) in [5.74, 6) is -1.65. The number of carbonyl (C=O) groups is 1. The van der Waals surface area contributed by atoms with Crippen LogP contribution in [0, 0.1) is 0 Å². The second kappa shape index (κ2) is 7.02. The average Bonchev–Trinajstić information content (AvgIpc) is 2.00. The van der Waals surface area contributed by atoms with Gasteiger partial charge >= 0.3 is 43.7 Å². The van der Waals surface area contributed by atoms with E-state index in [1.807, 2.05) is 0 Å². The van der Waals surface area contributed by atoms with Gasteiger partial charge in [-0.15, -0.1) is 0 Å². The molecule has 0 fully saturated rings. The molecule has 66 valence electrons. The molecule has 0 saturated carbocycles. The molecule has 3 atom stereocenters. The van der Waals surface area contributed by atoms with E-state index in [-0.39, 0.29) is 37.7 Å². The number of carboxylic acids is 1. The number of carboxylic acid groups (broad SMARTS) is 1. The second-order valence-corrected chi connectivity index (χ2v) is 2.02. The van der Waals surface area contributed by atoms with Crippen LogP contribution in [0.1, 0.15) is 0 Å². The number of aliphatic hydroxyl groups is 4. The Kier molecular flexibility index (Phi) is 8.81. The summed E-state index contributed by atoms with van der Waals surface area (Å²) in [6.45, 7) is -0.800. The molecular weight excluding hydrogens is 196 g/mol. The third-order valence-electron chi connectivity index (χ3n) is 1.16. The van der Waals surface area contributed by atoms with E-state index in [2.05, 4.69) is 0 Å². The maximum Gasteiger partial charge on any atom is 2.00 e. The van der Waals surface area contributed by atoms with Gasteiger partial charge in [0.05, 0.1) is 6.61 Å². The Balaban J connectivity index is 0. The van der Waals surface area contributed by atoms with Gasteiger partial charge in [-0.3, -0.25) is 0 Å². The predicted octanol–water partition coefficient (Wildman–Crippen LogP) is -3.23. The molecule has 0 heterocycles. The van der Waals surface area contributed by atoms with Gasteiger partial charge in [-0.25, -0.2) is 4.79 Å². The van der Waals surface area contributed by atoms with Gasteiger partial charge in [0.25, 0.3) is 0 Å². The summed E-state index contributed by atoms with van der Waals surface area (Å²) in [6.07, 6.45) is -5.57. The molecule has 0 aliphatic rings. The van der Waals surface area contributed by atoms with Crippen LogP contribution in [0.2, 0.25) is 0 Å². The maximum atomic E-state index is 9.96. The van der Waals surface area contributed by atoms with Crippen LogP contribution in [0.5, 0.6) is 0 Å². The van der Waals surface area contributed by atoms with Crippen molar-refractivity contribution in [1.29, 1.82) is 0 Å². The van der Waals surface area contributed by atoms with E-state index in [4.69, 9.17) is 25.5 Å². The fraction of sp³-hybridized carbons (Fsp3) is 0.800. The number of aliphatic carboxylic acids is 1. The van der Waals surface area contributed by atoms with E-state index >= 15 is 0 Å². The third kappa shape index (κ3) is 4.56. The van der Waals surface area contributed by atoms with Crippen molar-refractivity contribution in [3.05, 3.63) is 0 Å². The van der Waals surface area contributed by atoms with Crippen LogP contribution in [0.3, 0.4) is 0 Å². The van der Waals surface area contributed by atoms with Crippen molar-refractivity contribution in [1.82, 2.24) is 0 Å². The number of hydrogen-bond donors (Lipinski definition) is 5. The molecule has 0 aromatic heterocycles. The third-order valence-corrected chi connectivity index (χ3v) is 1.16. The summed E-state index contributed by atoms with van der Waals surface area (Å²) >= 11 is 0. The van der Waals surface area contributed by atoms with Gasteiger partial charge in [0.1, 0.15) is 12.2 Å². The van der Waals surface area contributed by atoms with E-state index in [1.54, 1.807) is 0 Å². The van der Waals surface area contributed by atoms with Crippen molar-refractivity contribution < 1.29 is 30.3 Å². The van der Waals surface area contributed by atoms with Crippen LogP contribution in [0.15, 0.2) is 0 Å². The van der Waals surface area contributed by atoms with E-state index in [1.165, 1.54) is 0 Å². The number of aliphatic hydroxyl groups excluding tert-OH is 4. The molecular formula is C5H10CaO6+2. The molecule has 0 amide bonds. The smallest absolute Gasteiger partial charge is 0.479 e. The first-order valence-corrected chi connectivity index (χ1v) is 2.88. The van der Waals surface area contributed by atoms with E-state index in [0.717, 1.165) is 0 Å². The van der Waals surface area contributed by atoms with Gasteiger partial charge in [0, 0.05) is 0 Å². The van der Waals surface area contributed by atoms with Crippen LogP contribution in [-0.2, 0) is 4.79 Å². The van der Waals surface area contributed by atoms with E-state index in [9.17, 15) is 4.79 Å². The van der Waals surface area contributed by atoms with Gasteiger partial charge in [0.15, 0.2) is 6.10 Å². The van der Waals surface area contributed by atoms with Crippen molar-refractivity contribution in [2.75, 3.05) is 6.61 Å². The molecule has 5 N–H and O–H groups in total. The first-order chi connectivity index (χ1) is 5.00. The largest absolute Gasteiger partial charge is 2.00 e. The Hall–Kier alpha value is 0.570. The zero-order valence-corrected chi connectivity index (χ0v) is 8.50. The Bertz CT molecular complexity index is 140. The second-order valence-electron chi connectivity index (χ2n) is 2.02. The first kappa shape index (κ1) is 15.1. The Morgan fingerprint density at radius 2 is 1.67 bits per heavy atom. The Labute approximate surface area is 98.4 Å². The van der Waals surface area contributed by atoms with Crippen molar-refractivity contribution in [3.63, 3.8) is 0 Å². The van der Waals surface area contributed by atoms with Gasteiger partial charge in [-0.05, 0) is 0 Å². The minimum Gasteiger partial charge on any atom is -0.479 e. The van der Waals surface area contributed by atoms with Crippen molar-refractivity contribution in [2.45, 2.75) is 18.3 Å². The molecule has 0 radical (unpaired) electrons. The molecule has 0 spiro atoms. The molecule has 0 aliphatic heterocycles. The number of hydrogen-bond acceptors (Lipinski definition) is 5. The van der Waals surface area contributed by atoms with E-state index < -0.39 is 30.9 Å². The van der Waals surface area contributed by atoms with Crippen LogP contribution < -0.4 is 0 Å². The fourth-order valence-electron chi connectivity index (χ4n) is 0.465. The average molecular weight is 206 g/mol. The summed E-state index contributed by atoms with van der Waals surface area (Å²) in [5.41, 5.74) is 0. The summed E-state index contributed by atoms with van der Waals surface area (Å²) in [4.78, 5) is 9.96. The first-order valence-electron chi connectivity index (χ1n) is 2.88. The van der Waals surface area contributed by atoms with Crippen LogP contribution in [0.4, 0.5) is 0 Å². The van der Waals surface area contributed by atoms with Gasteiger partial charge in [-0.1, -0.05) is 0 Å². The molecule has 12 heavy (non-hydrogen) atoms. The predicted molar refractivity (Wildman–Crippen MR) is 38.5 cm³/mol. The van der Waals surface area contributed by atoms with Crippen molar-refractivity contribution in [2.24, 2.45) is 0 Å². The van der Waals surface area contributed by atoms with Crippen LogP contribution in [0.25, 0.3) is 0 Å². The fourth-order valence-corrected chi connectivity index (χ4v) is 0.465. The monoisotopic (exact) mass is 206 g/mol. The normalized spacial score (nSPS) is 17.3. The molecule has 3 unspecified atom stereocenters. The maximum absolute atomic E-state index is 9.96. The zero-order chi connectivity index (χ0) is 9.02. The van der Waals surface area contributed by atoms with Crippen LogP contribution >= 0.6 is 0 Å². The van der Waals surface area contributed by atoms with Gasteiger partial charge < -0.3 is 25.5 Å². The summed E-state index contributed by atoms with van der Waals surface area (Å²) < 4.78 is 0. The Morgan fingerprint density at radius 1 is 1.25 bits per heavy atom. The molecule has 0 saturated heterocycles. The number of rotatable bonds is 4. The zero-order valence-electron chi connectivity index (χ0n) is 6.29. The van der Waals surface area contributed by atoms with Crippen molar-refractivity contribution >= 4 is 43.7 Å². The molecule has 6 nitrogen and oxygen atoms in total. The Morgan fingerprint density at radius 3 is 1.92 bits per heavy atom. The summed E-state index contributed by atoms with van der Waals surface area (Å²) in [7, 11) is 0. The molecule has 0 bridgehead atoms. The standard InChI is InChI=1S/C5H10O6.Ca/c6-1-2(7)3(8)4(9)5(10)11;/h2-4,6-9H,1H2,(H,10,11);/q;+2. The van der Waals surface area contributed by atoms with Crippen LogP contribution in [-0.4, -0.2) is 94.2 Å². The molecule has 0 aliphatic carbocycles. The van der Waals surface area contributed by atoms with Crippen molar-refractivity contribution in [3.8, 4) is 0 Å². The topological polar surface area (TPSA) is 118 Å². The van der Waals surface area contributed by atoms with Gasteiger partial charge in [0.2, 0.25) is 0 Å². The molecule has 0 aromatic carbocycles. The molecule has 7 heteroatoms. The van der Waals surface area contributed by atoms with Gasteiger partial charge in [-0.2, -0.15) is 0 Å². The minimum atomic E-state index is -2.07. The van der Waals surface area contributed by atoms with E-state index in [0.29, 0.717) is 0 Å². The summed E-state index contributed by atoms with van der Waals surface area (Å²) in [6, 6.07) is 0. The SMILES string of the molecule is O=C(O)C(O)C(O)C(O)CO.[Ca+2]. The summed E-state index contributed by atoms with van der Waals surface area (Å²) in [5, 5.41) is 42.2. The molecule has 0 rings (SSSR count). The minimum absolute atomic E-state index is 0. The molecule has 0 aromatic rings.